The van der Waals surface area contributed by atoms with E-state index in [1.165, 1.54) is 0 Å². The molecular formula is C15H18N4O2. The zero-order valence-electron chi connectivity index (χ0n) is 12.1. The van der Waals surface area contributed by atoms with Crippen molar-refractivity contribution in [1.82, 2.24) is 0 Å². The molecule has 4 aliphatic rings. The first-order valence-corrected chi connectivity index (χ1v) is 7.52. The van der Waals surface area contributed by atoms with Gasteiger partial charge in [-0.05, 0) is 18.8 Å². The van der Waals surface area contributed by atoms with Crippen LogP contribution in [0.3, 0.4) is 0 Å². The van der Waals surface area contributed by atoms with Crippen LogP contribution in [0.2, 0.25) is 0 Å². The molecule has 2 aliphatic carbocycles. The van der Waals surface area contributed by atoms with E-state index in [1.807, 2.05) is 0 Å². The van der Waals surface area contributed by atoms with E-state index in [0.29, 0.717) is 19.1 Å². The molecule has 0 aromatic heterocycles. The smallest absolute Gasteiger partial charge is 0.293 e. The molecule has 4 rings (SSSR count). The van der Waals surface area contributed by atoms with Crippen LogP contribution in [-0.4, -0.2) is 25.0 Å². The number of rotatable bonds is 0. The molecule has 6 nitrogen and oxygen atoms in total. The van der Waals surface area contributed by atoms with Crippen molar-refractivity contribution >= 4 is 5.84 Å². The van der Waals surface area contributed by atoms with Crippen molar-refractivity contribution in [3.63, 3.8) is 0 Å². The summed E-state index contributed by atoms with van der Waals surface area (Å²) in [7, 11) is 0. The lowest BCUT2D eigenvalue weighted by Gasteiger charge is -2.35. The molecule has 0 aromatic carbocycles. The molecule has 2 heterocycles. The molecule has 0 amide bonds. The Kier molecular flexibility index (Phi) is 2.22. The lowest BCUT2D eigenvalue weighted by Crippen LogP contribution is -2.42. The second-order valence-electron chi connectivity index (χ2n) is 6.76. The Labute approximate surface area is 123 Å². The third kappa shape index (κ3) is 0.994. The van der Waals surface area contributed by atoms with Gasteiger partial charge < -0.3 is 15.2 Å². The molecule has 0 radical (unpaired) electrons. The van der Waals surface area contributed by atoms with Gasteiger partial charge in [-0.15, -0.1) is 0 Å². The van der Waals surface area contributed by atoms with Gasteiger partial charge in [0.1, 0.15) is 11.3 Å². The molecule has 0 unspecified atom stereocenters. The maximum Gasteiger partial charge on any atom is 0.293 e. The van der Waals surface area contributed by atoms with Gasteiger partial charge >= 0.3 is 0 Å². The third-order valence-electron chi connectivity index (χ3n) is 6.20. The van der Waals surface area contributed by atoms with Crippen molar-refractivity contribution in [2.45, 2.75) is 38.5 Å². The van der Waals surface area contributed by atoms with E-state index in [2.05, 4.69) is 24.1 Å². The Hall–Kier alpha value is -1.63. The molecule has 1 saturated heterocycles. The normalized spacial score (nSPS) is 49.5. The van der Waals surface area contributed by atoms with Crippen LogP contribution in [0.1, 0.15) is 32.6 Å². The second kappa shape index (κ2) is 3.58. The minimum Gasteiger partial charge on any atom is -0.386 e. The number of hydrogen-bond donors (Lipinski definition) is 1. The van der Waals surface area contributed by atoms with E-state index in [1.54, 1.807) is 0 Å². The zero-order chi connectivity index (χ0) is 14.9. The Morgan fingerprint density at radius 1 is 1.19 bits per heavy atom. The molecule has 2 spiro atoms. The minimum absolute atomic E-state index is 0.225. The summed E-state index contributed by atoms with van der Waals surface area (Å²) < 4.78 is 11.5. The number of fused-ring (bicyclic) bond motifs is 4. The van der Waals surface area contributed by atoms with Gasteiger partial charge in [-0.1, -0.05) is 19.8 Å². The fourth-order valence-corrected chi connectivity index (χ4v) is 5.19. The van der Waals surface area contributed by atoms with Gasteiger partial charge in [0.15, 0.2) is 5.41 Å². The first-order valence-electron chi connectivity index (χ1n) is 7.52. The van der Waals surface area contributed by atoms with Gasteiger partial charge in [-0.2, -0.15) is 10.5 Å². The molecular weight excluding hydrogens is 268 g/mol. The highest BCUT2D eigenvalue weighted by molar-refractivity contribution is 6.00. The Balaban J connectivity index is 1.91. The van der Waals surface area contributed by atoms with Crippen LogP contribution in [-0.2, 0) is 9.47 Å². The van der Waals surface area contributed by atoms with Crippen LogP contribution < -0.4 is 5.73 Å². The number of nitriles is 2. The summed E-state index contributed by atoms with van der Waals surface area (Å²) in [6.07, 6.45) is 3.60. The standard InChI is InChI=1S/C15H18N4O2/c1-10-2-4-12(5-3-10)13(8-16)11(18)19-15(14(12,13)9-17)20-6-7-21-15/h10H,2-7H2,1H3,(H2,18,19)/t10?,12?,13-,14+/m1/s1. The van der Waals surface area contributed by atoms with Crippen molar-refractivity contribution in [3.8, 4) is 12.1 Å². The summed E-state index contributed by atoms with van der Waals surface area (Å²) in [5.74, 6) is -0.520. The fraction of sp³-hybridized carbons (Fsp3) is 0.800. The Bertz CT molecular complexity index is 617. The molecule has 2 aliphatic heterocycles. The SMILES string of the molecule is CC1CCC2(CC1)[C@]1(C#N)C3(N=C(N)[C@]21C#N)OCCO3. The maximum absolute atomic E-state index is 10.0. The van der Waals surface area contributed by atoms with Gasteiger partial charge in [0.2, 0.25) is 0 Å². The van der Waals surface area contributed by atoms with Gasteiger partial charge in [0, 0.05) is 5.41 Å². The van der Waals surface area contributed by atoms with Crippen LogP contribution in [0.25, 0.3) is 0 Å². The van der Waals surface area contributed by atoms with Crippen LogP contribution in [0, 0.1) is 44.8 Å². The van der Waals surface area contributed by atoms with Crippen LogP contribution >= 0.6 is 0 Å². The van der Waals surface area contributed by atoms with Crippen LogP contribution in [0.5, 0.6) is 0 Å². The molecule has 2 atom stereocenters. The lowest BCUT2D eigenvalue weighted by atomic mass is 9.73. The predicted octanol–water partition coefficient (Wildman–Crippen LogP) is 1.29. The molecule has 0 aromatic rings. The summed E-state index contributed by atoms with van der Waals surface area (Å²) in [5.41, 5.74) is 3.55. The van der Waals surface area contributed by atoms with Crippen LogP contribution in [0.4, 0.5) is 0 Å². The predicted molar refractivity (Wildman–Crippen MR) is 72.4 cm³/mol. The van der Waals surface area contributed by atoms with Crippen molar-refractivity contribution in [2.24, 2.45) is 32.9 Å². The van der Waals surface area contributed by atoms with Gasteiger partial charge in [-0.3, -0.25) is 0 Å². The fourth-order valence-electron chi connectivity index (χ4n) is 5.19. The molecule has 3 fully saturated rings. The van der Waals surface area contributed by atoms with Crippen molar-refractivity contribution < 1.29 is 9.47 Å². The minimum atomic E-state index is -1.36. The molecule has 21 heavy (non-hydrogen) atoms. The summed E-state index contributed by atoms with van der Waals surface area (Å²) in [5, 5.41) is 19.9. The van der Waals surface area contributed by atoms with Crippen molar-refractivity contribution in [1.29, 1.82) is 10.5 Å². The first-order chi connectivity index (χ1) is 10.1. The maximum atomic E-state index is 10.0. The van der Waals surface area contributed by atoms with Gasteiger partial charge in [0.05, 0.1) is 25.4 Å². The summed E-state index contributed by atoms with van der Waals surface area (Å²) in [6, 6.07) is 4.72. The average molecular weight is 286 g/mol. The quantitative estimate of drug-likeness (QED) is 0.722. The van der Waals surface area contributed by atoms with E-state index in [0.717, 1.165) is 25.7 Å². The lowest BCUT2D eigenvalue weighted by molar-refractivity contribution is -0.194. The second-order valence-corrected chi connectivity index (χ2v) is 6.76. The highest BCUT2D eigenvalue weighted by atomic mass is 16.8. The zero-order valence-corrected chi connectivity index (χ0v) is 12.1. The van der Waals surface area contributed by atoms with E-state index in [-0.39, 0.29) is 5.84 Å². The largest absolute Gasteiger partial charge is 0.386 e. The van der Waals surface area contributed by atoms with E-state index >= 15 is 0 Å². The van der Waals surface area contributed by atoms with Crippen molar-refractivity contribution in [2.75, 3.05) is 13.2 Å². The number of nitrogens with two attached hydrogens (primary N) is 1. The number of aliphatic imine (C=N–C) groups is 1. The third-order valence-corrected chi connectivity index (χ3v) is 6.20. The van der Waals surface area contributed by atoms with E-state index in [4.69, 9.17) is 15.2 Å². The van der Waals surface area contributed by atoms with Crippen LogP contribution in [0.15, 0.2) is 4.99 Å². The highest BCUT2D eigenvalue weighted by Crippen LogP contribution is 2.89. The highest BCUT2D eigenvalue weighted by Gasteiger charge is 3.00. The summed E-state index contributed by atoms with van der Waals surface area (Å²) in [6.45, 7) is 2.97. The Morgan fingerprint density at radius 2 is 1.81 bits per heavy atom. The number of ether oxygens (including phenoxy) is 2. The molecule has 6 heteroatoms. The number of amidine groups is 1. The monoisotopic (exact) mass is 286 g/mol. The molecule has 110 valence electrons. The number of hydrogen-bond acceptors (Lipinski definition) is 6. The van der Waals surface area contributed by atoms with Gasteiger partial charge in [0.25, 0.3) is 5.91 Å². The average Bonchev–Trinajstić information content (AvgIpc) is 2.77. The van der Waals surface area contributed by atoms with E-state index < -0.39 is 22.2 Å². The summed E-state index contributed by atoms with van der Waals surface area (Å²) in [4.78, 5) is 4.31. The molecule has 2 N–H and O–H groups in total. The van der Waals surface area contributed by atoms with Crippen molar-refractivity contribution in [3.05, 3.63) is 0 Å². The Morgan fingerprint density at radius 3 is 2.33 bits per heavy atom. The molecule has 0 bridgehead atoms. The topological polar surface area (TPSA) is 104 Å². The summed E-state index contributed by atoms with van der Waals surface area (Å²) >= 11 is 0. The van der Waals surface area contributed by atoms with E-state index in [9.17, 15) is 10.5 Å². The van der Waals surface area contributed by atoms with Gasteiger partial charge in [-0.25, -0.2) is 4.99 Å². The first kappa shape index (κ1) is 13.1. The number of nitrogens with zero attached hydrogens (tertiary/aromatic N) is 3. The molecule has 2 saturated carbocycles.